The number of amides is 3. The van der Waals surface area contributed by atoms with Crippen molar-refractivity contribution in [3.8, 4) is 17.6 Å². The summed E-state index contributed by atoms with van der Waals surface area (Å²) >= 11 is 0. The number of aryl methyl sites for hydroxylation is 1. The summed E-state index contributed by atoms with van der Waals surface area (Å²) in [4.78, 5) is 45.4. The fourth-order valence-corrected chi connectivity index (χ4v) is 10.6. The number of ether oxygens (including phenoxy) is 1. The Balaban J connectivity index is 0.853. The number of hydrogen-bond acceptors (Lipinski definition) is 10. The van der Waals surface area contributed by atoms with Gasteiger partial charge < -0.3 is 4.74 Å². The van der Waals surface area contributed by atoms with E-state index >= 15 is 17.6 Å². The first-order chi connectivity index (χ1) is 29.9. The van der Waals surface area contributed by atoms with Gasteiger partial charge in [-0.15, -0.1) is 0 Å². The maximum absolute atomic E-state index is 16.0. The molecule has 2 aromatic heterocycles. The molecule has 4 aliphatic rings. The molecule has 3 amide bonds. The number of alkyl halides is 2. The van der Waals surface area contributed by atoms with Crippen LogP contribution in [0.5, 0.6) is 11.5 Å². The van der Waals surface area contributed by atoms with Crippen LogP contribution >= 0.6 is 0 Å². The van der Waals surface area contributed by atoms with Crippen molar-refractivity contribution in [2.45, 2.75) is 69.4 Å². The van der Waals surface area contributed by atoms with Crippen LogP contribution in [0.1, 0.15) is 68.5 Å². The number of carbonyl (C=O) groups is 2. The van der Waals surface area contributed by atoms with E-state index in [1.807, 2.05) is 0 Å². The molecule has 1 spiro atoms. The Morgan fingerprint density at radius 3 is 2.46 bits per heavy atom. The topological polar surface area (TPSA) is 188 Å². The van der Waals surface area contributed by atoms with Gasteiger partial charge >= 0.3 is 16.2 Å². The van der Waals surface area contributed by atoms with Crippen LogP contribution in [0.3, 0.4) is 0 Å². The van der Waals surface area contributed by atoms with Crippen LogP contribution in [0.4, 0.5) is 33.9 Å². The molecule has 3 aromatic carbocycles. The molecular weight excluding hydrogens is 849 g/mol. The van der Waals surface area contributed by atoms with Crippen molar-refractivity contribution in [1.82, 2.24) is 33.9 Å². The molecule has 2 aliphatic heterocycles. The zero-order valence-corrected chi connectivity index (χ0v) is 35.2. The van der Waals surface area contributed by atoms with E-state index in [2.05, 4.69) is 20.1 Å². The first-order valence-electron chi connectivity index (χ1n) is 20.5. The fraction of sp³-hybridized carbons (Fsp3) is 0.429. The number of likely N-dealkylation sites (tertiary alicyclic amines) is 1. The molecule has 330 valence electrons. The molecule has 0 radical (unpaired) electrons. The van der Waals surface area contributed by atoms with Crippen LogP contribution in [0.2, 0.25) is 0 Å². The van der Waals surface area contributed by atoms with E-state index in [0.29, 0.717) is 43.3 Å². The monoisotopic (exact) mass is 890 g/mol. The number of carbonyl (C=O) groups excluding carboxylic acids is 2. The number of nitriles is 1. The van der Waals surface area contributed by atoms with E-state index in [-0.39, 0.29) is 82.6 Å². The summed E-state index contributed by atoms with van der Waals surface area (Å²) in [6.45, 7) is 1.63. The molecule has 9 rings (SSSR count). The highest BCUT2D eigenvalue weighted by Crippen LogP contribution is 2.62. The number of urea groups is 1. The highest BCUT2D eigenvalue weighted by Gasteiger charge is 2.57. The Bertz CT molecular complexity index is 2940. The van der Waals surface area contributed by atoms with Crippen LogP contribution in [0, 0.1) is 28.4 Å². The Morgan fingerprint density at radius 2 is 1.76 bits per heavy atom. The van der Waals surface area contributed by atoms with E-state index in [1.165, 1.54) is 51.8 Å². The quantitative estimate of drug-likeness (QED) is 0.160. The molecule has 2 N–H and O–H groups in total. The first-order valence-corrected chi connectivity index (χ1v) is 21.9. The van der Waals surface area contributed by atoms with Gasteiger partial charge in [0, 0.05) is 51.1 Å². The predicted molar refractivity (Wildman–Crippen MR) is 222 cm³/mol. The Morgan fingerprint density at radius 1 is 1.02 bits per heavy atom. The molecule has 2 saturated carbocycles. The summed E-state index contributed by atoms with van der Waals surface area (Å²) in [6.07, 6.45) is 4.15. The lowest BCUT2D eigenvalue weighted by molar-refractivity contribution is -0.139. The minimum Gasteiger partial charge on any atom is -0.453 e. The van der Waals surface area contributed by atoms with Gasteiger partial charge in [0.2, 0.25) is 5.91 Å². The first kappa shape index (κ1) is 42.2. The standard InChI is InChI=1S/C42H42F4N10O6S/c1-4-52(2)63(60,61)51-34-8-6-31(43)37(29(34)20-47)62-25-5-7-33-27(13-25)39(58)56(22-48-33)24-18-41(19-24)16-23(17-41)54-11-9-30(42(45,46)21-54)26-15-35-28(14-32(26)44)38(50-53(35)3)55-12-10-36(57)49-40(55)59/h5-8,13-15,22-24,30,51H,4,9-12,16-19,21H2,1-3H3,(H,49,57,59)/t23?,24?,30-,41?/m1/s1. The second kappa shape index (κ2) is 15.3. The maximum atomic E-state index is 16.0. The summed E-state index contributed by atoms with van der Waals surface area (Å²) in [6, 6.07) is 9.80. The van der Waals surface area contributed by atoms with E-state index in [0.717, 1.165) is 22.5 Å². The number of nitrogens with one attached hydrogen (secondary N) is 2. The average Bonchev–Trinajstić information content (AvgIpc) is 3.51. The highest BCUT2D eigenvalue weighted by atomic mass is 32.2. The van der Waals surface area contributed by atoms with Crippen molar-refractivity contribution >= 4 is 55.5 Å². The SMILES string of the molecule is CCN(C)S(=O)(=O)Nc1ccc(F)c(Oc2ccc3ncn(C4CC5(CC(N6CC[C@H](c7cc8c(cc7F)c(N7CCC(=O)NC7=O)nn8C)C(F)(F)C6)C5)C4)c(=O)c3c2)c1C#N. The Kier molecular flexibility index (Phi) is 10.3. The minimum absolute atomic E-state index is 0.0186. The smallest absolute Gasteiger partial charge is 0.329 e. The van der Waals surface area contributed by atoms with Gasteiger partial charge in [-0.05, 0) is 92.1 Å². The predicted octanol–water partition coefficient (Wildman–Crippen LogP) is 5.89. The number of piperidine rings is 1. The zero-order chi connectivity index (χ0) is 44.7. The Labute approximate surface area is 358 Å². The molecule has 2 saturated heterocycles. The van der Waals surface area contributed by atoms with Crippen LogP contribution < -0.4 is 25.2 Å². The van der Waals surface area contributed by atoms with Crippen molar-refractivity contribution in [1.29, 1.82) is 5.26 Å². The molecule has 5 aromatic rings. The summed E-state index contributed by atoms with van der Waals surface area (Å²) in [5.74, 6) is -7.16. The lowest BCUT2D eigenvalue weighted by Gasteiger charge is -2.61. The number of imide groups is 1. The number of hydrogen-bond donors (Lipinski definition) is 2. The largest absolute Gasteiger partial charge is 0.453 e. The number of nitrogens with zero attached hydrogens (tertiary/aromatic N) is 8. The van der Waals surface area contributed by atoms with Crippen LogP contribution in [-0.2, 0) is 22.1 Å². The molecule has 1 atom stereocenters. The zero-order valence-electron chi connectivity index (χ0n) is 34.4. The van der Waals surface area contributed by atoms with Gasteiger partial charge in [-0.1, -0.05) is 6.92 Å². The van der Waals surface area contributed by atoms with Gasteiger partial charge in [-0.25, -0.2) is 27.3 Å². The molecule has 4 fully saturated rings. The van der Waals surface area contributed by atoms with Gasteiger partial charge in [0.05, 0.1) is 40.9 Å². The van der Waals surface area contributed by atoms with Crippen molar-refractivity contribution in [2.24, 2.45) is 12.5 Å². The third-order valence-electron chi connectivity index (χ3n) is 13.1. The van der Waals surface area contributed by atoms with Crippen LogP contribution in [0.25, 0.3) is 21.8 Å². The average molecular weight is 891 g/mol. The van der Waals surface area contributed by atoms with Gasteiger partial charge in [-0.3, -0.25) is 38.7 Å². The van der Waals surface area contributed by atoms with Crippen LogP contribution in [-0.4, -0.2) is 94.1 Å². The number of aromatic nitrogens is 4. The molecule has 21 heteroatoms. The summed E-state index contributed by atoms with van der Waals surface area (Å²) in [5, 5.41) is 16.9. The van der Waals surface area contributed by atoms with Crippen molar-refractivity contribution in [3.05, 3.63) is 81.9 Å². The third kappa shape index (κ3) is 7.32. The second-order valence-corrected chi connectivity index (χ2v) is 18.7. The number of fused-ring (bicyclic) bond motifs is 2. The number of anilines is 2. The number of benzene rings is 3. The summed E-state index contributed by atoms with van der Waals surface area (Å²) in [7, 11) is -1.12. The molecule has 4 heterocycles. The Hall–Kier alpha value is -6.11. The normalized spacial score (nSPS) is 23.7. The van der Waals surface area contributed by atoms with Crippen LogP contribution in [0.15, 0.2) is 53.6 Å². The molecular formula is C42H42F4N10O6S. The number of halogens is 4. The molecule has 0 bridgehead atoms. The van der Waals surface area contributed by atoms with Crippen molar-refractivity contribution < 1.29 is 40.3 Å². The number of rotatable bonds is 10. The maximum Gasteiger partial charge on any atom is 0.329 e. The summed E-state index contributed by atoms with van der Waals surface area (Å²) < 4.78 is 100. The van der Waals surface area contributed by atoms with E-state index in [4.69, 9.17) is 4.74 Å². The molecule has 2 aliphatic carbocycles. The fourth-order valence-electron chi connectivity index (χ4n) is 9.63. The van der Waals surface area contributed by atoms with Gasteiger partial charge in [0.1, 0.15) is 23.2 Å². The van der Waals surface area contributed by atoms with Gasteiger partial charge in [-0.2, -0.15) is 23.1 Å². The third-order valence-corrected chi connectivity index (χ3v) is 14.7. The minimum atomic E-state index is -4.05. The van der Waals surface area contributed by atoms with Gasteiger partial charge in [0.15, 0.2) is 17.4 Å². The van der Waals surface area contributed by atoms with E-state index in [1.54, 1.807) is 24.9 Å². The van der Waals surface area contributed by atoms with Crippen molar-refractivity contribution in [3.63, 3.8) is 0 Å². The lowest BCUT2D eigenvalue weighted by atomic mass is 9.51. The second-order valence-electron chi connectivity index (χ2n) is 17.0. The van der Waals surface area contributed by atoms with E-state index < -0.39 is 63.5 Å². The lowest BCUT2D eigenvalue weighted by Crippen LogP contribution is -2.61. The van der Waals surface area contributed by atoms with Gasteiger partial charge in [0.25, 0.3) is 11.5 Å². The highest BCUT2D eigenvalue weighted by molar-refractivity contribution is 7.90. The molecule has 63 heavy (non-hydrogen) atoms. The molecule has 16 nitrogen and oxygen atoms in total. The van der Waals surface area contributed by atoms with Crippen molar-refractivity contribution in [2.75, 3.05) is 42.8 Å². The summed E-state index contributed by atoms with van der Waals surface area (Å²) in [5.41, 5.74) is -0.453. The van der Waals surface area contributed by atoms with E-state index in [9.17, 15) is 28.1 Å². The molecule has 0 unspecified atom stereocenters.